The number of ether oxygens (including phenoxy) is 3. The third-order valence-corrected chi connectivity index (χ3v) is 10.3. The van der Waals surface area contributed by atoms with Crippen LogP contribution >= 0.6 is 0 Å². The van der Waals surface area contributed by atoms with Gasteiger partial charge in [0.15, 0.2) is 0 Å². The second-order valence-corrected chi connectivity index (χ2v) is 14.3. The Morgan fingerprint density at radius 3 is 1.78 bits per heavy atom. The van der Waals surface area contributed by atoms with Crippen LogP contribution in [0.25, 0.3) is 0 Å². The third kappa shape index (κ3) is 9.39. The van der Waals surface area contributed by atoms with Crippen molar-refractivity contribution >= 4 is 17.3 Å². The first kappa shape index (κ1) is 40.0. The van der Waals surface area contributed by atoms with Gasteiger partial charge in [-0.25, -0.2) is 4.79 Å². The van der Waals surface area contributed by atoms with E-state index >= 15 is 0 Å². The Balaban J connectivity index is 1.86. The van der Waals surface area contributed by atoms with Gasteiger partial charge in [0.25, 0.3) is 0 Å². The maximum atomic E-state index is 13.8. The number of esters is 1. The minimum atomic E-state index is -1.36. The van der Waals surface area contributed by atoms with Crippen LogP contribution in [0.5, 0.6) is 11.5 Å². The minimum Gasteiger partial charge on any atom is -0.493 e. The standard InChI is InChI=1S/C44H65N3O4/c1-9-14-16-18-19-21-29-46(33(6)7)35-24-26-38(40(31-35)49-12-4)44(42-37(43(48)51-44)23-22-28-45-42)39-27-25-36(32-41(39)50-13-5)47(34(8)11-3)30-20-17-15-10-2/h22-28,31-34H,9-21,29-30H2,1-8H3. The number of unbranched alkanes of at least 4 members (excludes halogenated alkanes) is 8. The van der Waals surface area contributed by atoms with E-state index in [-0.39, 0.29) is 0 Å². The van der Waals surface area contributed by atoms with Gasteiger partial charge in [0.2, 0.25) is 5.60 Å². The number of carbonyl (C=O) groups excluding carboxylic acids is 1. The maximum Gasteiger partial charge on any atom is 0.341 e. The third-order valence-electron chi connectivity index (χ3n) is 10.3. The molecule has 1 aliphatic heterocycles. The molecule has 7 nitrogen and oxygen atoms in total. The normalized spacial score (nSPS) is 15.8. The summed E-state index contributed by atoms with van der Waals surface area (Å²) in [5.74, 6) is 0.959. The zero-order chi connectivity index (χ0) is 36.8. The lowest BCUT2D eigenvalue weighted by atomic mass is 9.81. The number of anilines is 2. The van der Waals surface area contributed by atoms with Gasteiger partial charge in [-0.3, -0.25) is 4.98 Å². The van der Waals surface area contributed by atoms with Crippen molar-refractivity contribution in [2.24, 2.45) is 0 Å². The highest BCUT2D eigenvalue weighted by atomic mass is 16.6. The van der Waals surface area contributed by atoms with E-state index in [2.05, 4.69) is 87.7 Å². The van der Waals surface area contributed by atoms with Crippen LogP contribution in [-0.4, -0.2) is 49.3 Å². The Hall–Kier alpha value is -3.74. The van der Waals surface area contributed by atoms with Gasteiger partial charge in [0.1, 0.15) is 17.2 Å². The van der Waals surface area contributed by atoms with Crippen LogP contribution in [0.4, 0.5) is 11.4 Å². The first-order valence-electron chi connectivity index (χ1n) is 20.0. The molecule has 280 valence electrons. The number of cyclic esters (lactones) is 1. The quantitative estimate of drug-likeness (QED) is 0.0721. The molecule has 1 aliphatic rings. The monoisotopic (exact) mass is 699 g/mol. The summed E-state index contributed by atoms with van der Waals surface area (Å²) in [6.07, 6.45) is 15.1. The SMILES string of the molecule is CCCCCCCCN(c1ccc(C2(c3ccc(N(CCCCCC)C(C)CC)cc3OCC)OC(=O)c3cccnc32)c(OCC)c1)C(C)C. The Bertz CT molecular complexity index is 1520. The van der Waals surface area contributed by atoms with E-state index in [9.17, 15) is 4.79 Å². The Morgan fingerprint density at radius 1 is 0.706 bits per heavy atom. The van der Waals surface area contributed by atoms with Crippen LogP contribution in [0.3, 0.4) is 0 Å². The first-order chi connectivity index (χ1) is 24.8. The Kier molecular flexibility index (Phi) is 15.5. The molecule has 2 unspecified atom stereocenters. The number of rotatable bonds is 23. The van der Waals surface area contributed by atoms with Gasteiger partial charge >= 0.3 is 5.97 Å². The molecule has 0 N–H and O–H groups in total. The van der Waals surface area contributed by atoms with Gasteiger partial charge in [-0.1, -0.05) is 72.1 Å². The largest absolute Gasteiger partial charge is 0.493 e. The van der Waals surface area contributed by atoms with Gasteiger partial charge in [-0.2, -0.15) is 0 Å². The van der Waals surface area contributed by atoms with Crippen LogP contribution in [0.1, 0.15) is 153 Å². The van der Waals surface area contributed by atoms with Gasteiger partial charge < -0.3 is 24.0 Å². The van der Waals surface area contributed by atoms with Crippen LogP contribution in [-0.2, 0) is 10.3 Å². The summed E-state index contributed by atoms with van der Waals surface area (Å²) in [6.45, 7) is 20.4. The fourth-order valence-electron chi connectivity index (χ4n) is 7.40. The molecule has 7 heteroatoms. The minimum absolute atomic E-state index is 0.314. The fourth-order valence-corrected chi connectivity index (χ4v) is 7.40. The fraction of sp³-hybridized carbons (Fsp3) is 0.591. The van der Waals surface area contributed by atoms with E-state index in [0.29, 0.717) is 48.1 Å². The average molecular weight is 700 g/mol. The summed E-state index contributed by atoms with van der Waals surface area (Å²) in [4.78, 5) is 23.6. The number of benzene rings is 2. The van der Waals surface area contributed by atoms with Crippen LogP contribution < -0.4 is 19.3 Å². The Labute approximate surface area is 309 Å². The number of nitrogens with zero attached hydrogens (tertiary/aromatic N) is 3. The Morgan fingerprint density at radius 2 is 1.24 bits per heavy atom. The molecule has 0 fully saturated rings. The summed E-state index contributed by atoms with van der Waals surface area (Å²) >= 11 is 0. The molecule has 4 rings (SSSR count). The highest BCUT2D eigenvalue weighted by Gasteiger charge is 2.53. The number of pyridine rings is 1. The smallest absolute Gasteiger partial charge is 0.341 e. The lowest BCUT2D eigenvalue weighted by Gasteiger charge is -2.35. The molecule has 0 radical (unpaired) electrons. The highest BCUT2D eigenvalue weighted by Crippen LogP contribution is 2.52. The summed E-state index contributed by atoms with van der Waals surface area (Å²) in [6, 6.07) is 17.0. The molecule has 3 aromatic rings. The topological polar surface area (TPSA) is 64.1 Å². The van der Waals surface area contributed by atoms with E-state index in [1.165, 1.54) is 51.4 Å². The van der Waals surface area contributed by atoms with Crippen molar-refractivity contribution in [3.8, 4) is 11.5 Å². The lowest BCUT2D eigenvalue weighted by molar-refractivity contribution is 0.0228. The molecule has 2 aromatic carbocycles. The highest BCUT2D eigenvalue weighted by molar-refractivity contribution is 5.96. The number of hydrogen-bond acceptors (Lipinski definition) is 7. The first-order valence-corrected chi connectivity index (χ1v) is 20.0. The number of aromatic nitrogens is 1. The maximum absolute atomic E-state index is 13.8. The van der Waals surface area contributed by atoms with E-state index < -0.39 is 11.6 Å². The van der Waals surface area contributed by atoms with Gasteiger partial charge in [0, 0.05) is 66.0 Å². The predicted molar refractivity (Wildman–Crippen MR) is 212 cm³/mol. The molecule has 2 atom stereocenters. The lowest BCUT2D eigenvalue weighted by Crippen LogP contribution is -2.35. The summed E-state index contributed by atoms with van der Waals surface area (Å²) in [5.41, 5.74) is 3.35. The van der Waals surface area contributed by atoms with Gasteiger partial charge in [-0.15, -0.1) is 0 Å². The summed E-state index contributed by atoms with van der Waals surface area (Å²) in [7, 11) is 0. The van der Waals surface area contributed by atoms with Crippen LogP contribution in [0, 0.1) is 0 Å². The van der Waals surface area contributed by atoms with E-state index in [0.717, 1.165) is 54.9 Å². The predicted octanol–water partition coefficient (Wildman–Crippen LogP) is 11.1. The number of fused-ring (bicyclic) bond motifs is 1. The van der Waals surface area contributed by atoms with Crippen molar-refractivity contribution in [2.75, 3.05) is 36.1 Å². The second-order valence-electron chi connectivity index (χ2n) is 14.3. The van der Waals surface area contributed by atoms with Crippen molar-refractivity contribution in [1.82, 2.24) is 4.98 Å². The average Bonchev–Trinajstić information content (AvgIpc) is 3.43. The zero-order valence-corrected chi connectivity index (χ0v) is 32.9. The molecule has 1 aromatic heterocycles. The summed E-state index contributed by atoms with van der Waals surface area (Å²) < 4.78 is 19.5. The number of carbonyl (C=O) groups is 1. The molecule has 2 heterocycles. The molecule has 0 bridgehead atoms. The number of hydrogen-bond donors (Lipinski definition) is 0. The molecule has 0 amide bonds. The van der Waals surface area contributed by atoms with E-state index in [4.69, 9.17) is 19.2 Å². The molecule has 0 spiro atoms. The molecular weight excluding hydrogens is 635 g/mol. The van der Waals surface area contributed by atoms with E-state index in [1.54, 1.807) is 18.3 Å². The van der Waals surface area contributed by atoms with Gasteiger partial charge in [0.05, 0.1) is 18.8 Å². The molecular formula is C44H65N3O4. The van der Waals surface area contributed by atoms with Gasteiger partial charge in [-0.05, 0) is 90.3 Å². The molecule has 51 heavy (non-hydrogen) atoms. The zero-order valence-electron chi connectivity index (χ0n) is 32.9. The van der Waals surface area contributed by atoms with Crippen molar-refractivity contribution < 1.29 is 19.0 Å². The van der Waals surface area contributed by atoms with Crippen LogP contribution in [0.15, 0.2) is 54.7 Å². The molecule has 0 saturated carbocycles. The van der Waals surface area contributed by atoms with Crippen molar-refractivity contribution in [1.29, 1.82) is 0 Å². The van der Waals surface area contributed by atoms with Crippen molar-refractivity contribution in [3.63, 3.8) is 0 Å². The molecule has 0 saturated heterocycles. The molecule has 0 aliphatic carbocycles. The van der Waals surface area contributed by atoms with Crippen molar-refractivity contribution in [3.05, 3.63) is 77.1 Å². The van der Waals surface area contributed by atoms with Crippen molar-refractivity contribution in [2.45, 2.75) is 144 Å². The van der Waals surface area contributed by atoms with Crippen LogP contribution in [0.2, 0.25) is 0 Å². The summed E-state index contributed by atoms with van der Waals surface area (Å²) in [5, 5.41) is 0. The second kappa shape index (κ2) is 19.8. The van der Waals surface area contributed by atoms with E-state index in [1.807, 2.05) is 13.8 Å².